The predicted octanol–water partition coefficient (Wildman–Crippen LogP) is 2.04. The summed E-state index contributed by atoms with van der Waals surface area (Å²) in [4.78, 5) is 21.3. The van der Waals surface area contributed by atoms with E-state index in [2.05, 4.69) is 15.3 Å². The zero-order valence-corrected chi connectivity index (χ0v) is 15.8. The molecule has 0 saturated heterocycles. The van der Waals surface area contributed by atoms with Gasteiger partial charge in [-0.2, -0.15) is 4.98 Å². The molecule has 0 saturated carbocycles. The number of halogens is 2. The number of aromatic nitrogens is 3. The number of hydrogen-bond acceptors (Lipinski definition) is 7. The van der Waals surface area contributed by atoms with Crippen LogP contribution >= 0.6 is 0 Å². The van der Waals surface area contributed by atoms with E-state index in [1.54, 1.807) is 6.92 Å². The van der Waals surface area contributed by atoms with Crippen LogP contribution in [0.25, 0.3) is 11.0 Å². The molecule has 10 heteroatoms. The maximum absolute atomic E-state index is 13.9. The first kappa shape index (κ1) is 20.6. The molecule has 2 aromatic heterocycles. The van der Waals surface area contributed by atoms with Crippen LogP contribution in [0.1, 0.15) is 13.8 Å². The highest BCUT2D eigenvalue weighted by Gasteiger charge is 2.17. The molecule has 29 heavy (non-hydrogen) atoms. The molecular weight excluding hydrogens is 386 g/mol. The molecule has 2 heterocycles. The Morgan fingerprint density at radius 1 is 1.24 bits per heavy atom. The third-order valence-corrected chi connectivity index (χ3v) is 4.00. The van der Waals surface area contributed by atoms with Gasteiger partial charge in [0.2, 0.25) is 5.95 Å². The van der Waals surface area contributed by atoms with Crippen molar-refractivity contribution in [3.05, 3.63) is 52.5 Å². The van der Waals surface area contributed by atoms with E-state index in [1.165, 1.54) is 23.8 Å². The Labute approximate surface area is 164 Å². The smallest absolute Gasteiger partial charge is 0.295 e. The van der Waals surface area contributed by atoms with Gasteiger partial charge in [0.15, 0.2) is 17.3 Å². The van der Waals surface area contributed by atoms with E-state index >= 15 is 0 Å². The molecule has 0 radical (unpaired) electrons. The van der Waals surface area contributed by atoms with Crippen LogP contribution in [0.15, 0.2) is 35.3 Å². The fourth-order valence-corrected chi connectivity index (χ4v) is 2.65. The number of nitrogens with one attached hydrogen (secondary N) is 1. The van der Waals surface area contributed by atoms with Gasteiger partial charge in [-0.3, -0.25) is 9.36 Å². The first-order valence-corrected chi connectivity index (χ1v) is 8.87. The maximum atomic E-state index is 13.9. The third-order valence-electron chi connectivity index (χ3n) is 4.00. The Kier molecular flexibility index (Phi) is 6.04. The van der Waals surface area contributed by atoms with Crippen LogP contribution in [0.3, 0.4) is 0 Å². The van der Waals surface area contributed by atoms with Gasteiger partial charge >= 0.3 is 0 Å². The van der Waals surface area contributed by atoms with Crippen LogP contribution in [0.4, 0.5) is 14.7 Å². The maximum Gasteiger partial charge on any atom is 0.295 e. The lowest BCUT2D eigenvalue weighted by Gasteiger charge is -2.16. The molecule has 3 aromatic rings. The molecule has 0 aliphatic heterocycles. The second kappa shape index (κ2) is 8.50. The number of aliphatic hydroxyl groups excluding tert-OH is 2. The highest BCUT2D eigenvalue weighted by atomic mass is 19.1. The Morgan fingerprint density at radius 2 is 2.00 bits per heavy atom. The number of rotatable bonds is 7. The number of fused-ring (bicyclic) bond motifs is 1. The fourth-order valence-electron chi connectivity index (χ4n) is 2.65. The van der Waals surface area contributed by atoms with Crippen LogP contribution in [0.2, 0.25) is 0 Å². The van der Waals surface area contributed by atoms with E-state index in [0.29, 0.717) is 11.5 Å². The van der Waals surface area contributed by atoms with Gasteiger partial charge in [0.1, 0.15) is 11.5 Å². The third kappa shape index (κ3) is 4.66. The van der Waals surface area contributed by atoms with Gasteiger partial charge in [0.05, 0.1) is 19.3 Å². The van der Waals surface area contributed by atoms with Gasteiger partial charge in [0, 0.05) is 23.7 Å². The van der Waals surface area contributed by atoms with Gasteiger partial charge < -0.3 is 20.3 Å². The van der Waals surface area contributed by atoms with Crippen LogP contribution in [-0.4, -0.2) is 43.5 Å². The molecule has 0 unspecified atom stereocenters. The zero-order valence-electron chi connectivity index (χ0n) is 15.8. The lowest BCUT2D eigenvalue weighted by molar-refractivity contribution is 0.173. The average molecular weight is 406 g/mol. The molecule has 8 nitrogen and oxygen atoms in total. The Bertz CT molecular complexity index is 1090. The summed E-state index contributed by atoms with van der Waals surface area (Å²) in [6.45, 7) is 2.99. The van der Waals surface area contributed by atoms with Crippen molar-refractivity contribution in [1.29, 1.82) is 0 Å². The van der Waals surface area contributed by atoms with Crippen LogP contribution in [0, 0.1) is 11.6 Å². The van der Waals surface area contributed by atoms with Crippen molar-refractivity contribution >= 4 is 17.0 Å². The first-order chi connectivity index (χ1) is 13.8. The number of nitrogens with zero attached hydrogens (tertiary/aromatic N) is 3. The first-order valence-electron chi connectivity index (χ1n) is 8.87. The number of hydrogen-bond donors (Lipinski definition) is 3. The number of ether oxygens (including phenoxy) is 1. The summed E-state index contributed by atoms with van der Waals surface area (Å²) in [7, 11) is 0. The van der Waals surface area contributed by atoms with Crippen molar-refractivity contribution in [3.8, 4) is 11.5 Å². The molecule has 3 rings (SSSR count). The van der Waals surface area contributed by atoms with Crippen LogP contribution in [-0.2, 0) is 6.54 Å². The molecule has 0 aliphatic carbocycles. The van der Waals surface area contributed by atoms with Crippen molar-refractivity contribution in [3.63, 3.8) is 0 Å². The van der Waals surface area contributed by atoms with Gasteiger partial charge in [-0.05, 0) is 32.0 Å². The van der Waals surface area contributed by atoms with Gasteiger partial charge in [-0.25, -0.2) is 13.8 Å². The van der Waals surface area contributed by atoms with Crippen LogP contribution in [0.5, 0.6) is 11.5 Å². The lowest BCUT2D eigenvalue weighted by Crippen LogP contribution is -2.27. The monoisotopic (exact) mass is 406 g/mol. The van der Waals surface area contributed by atoms with E-state index in [4.69, 9.17) is 9.84 Å². The average Bonchev–Trinajstić information content (AvgIpc) is 2.67. The summed E-state index contributed by atoms with van der Waals surface area (Å²) in [5.74, 6) is -2.08. The van der Waals surface area contributed by atoms with E-state index in [9.17, 15) is 18.7 Å². The largest absolute Gasteiger partial charge is 0.448 e. The minimum absolute atomic E-state index is 0.0928. The van der Waals surface area contributed by atoms with Crippen molar-refractivity contribution in [2.24, 2.45) is 0 Å². The van der Waals surface area contributed by atoms with E-state index in [0.717, 1.165) is 12.1 Å². The molecule has 1 aromatic carbocycles. The topological polar surface area (TPSA) is 110 Å². The lowest BCUT2D eigenvalue weighted by atomic mass is 10.2. The molecule has 0 amide bonds. The van der Waals surface area contributed by atoms with Crippen molar-refractivity contribution in [2.75, 3.05) is 11.9 Å². The highest BCUT2D eigenvalue weighted by molar-refractivity contribution is 5.77. The van der Waals surface area contributed by atoms with E-state index < -0.39 is 23.3 Å². The number of aliphatic hydroxyl groups is 2. The normalized spacial score (nSPS) is 13.3. The van der Waals surface area contributed by atoms with Gasteiger partial charge in [-0.15, -0.1) is 0 Å². The van der Waals surface area contributed by atoms with E-state index in [1.807, 2.05) is 0 Å². The fraction of sp³-hybridized carbons (Fsp3) is 0.316. The molecule has 0 spiro atoms. The number of pyridine rings is 1. The van der Waals surface area contributed by atoms with E-state index in [-0.39, 0.29) is 42.3 Å². The molecule has 0 fully saturated rings. The number of benzene rings is 1. The summed E-state index contributed by atoms with van der Waals surface area (Å²) in [6, 6.07) is 3.77. The summed E-state index contributed by atoms with van der Waals surface area (Å²) in [5, 5.41) is 22.3. The van der Waals surface area contributed by atoms with Crippen molar-refractivity contribution in [1.82, 2.24) is 14.5 Å². The van der Waals surface area contributed by atoms with Gasteiger partial charge in [-0.1, -0.05) is 0 Å². The molecule has 2 atom stereocenters. The minimum Gasteiger partial charge on any atom is -0.448 e. The second-order valence-electron chi connectivity index (χ2n) is 6.65. The Balaban J connectivity index is 2.11. The summed E-state index contributed by atoms with van der Waals surface area (Å²) < 4.78 is 33.6. The molecule has 154 valence electrons. The Hall–Kier alpha value is -3.11. The highest BCUT2D eigenvalue weighted by Crippen LogP contribution is 2.25. The standard InChI is InChI=1S/C19H20F2N4O4/c1-10(9-26)23-19-22-7-12-5-16(29-15-4-3-13(20)6-14(15)21)18(28)25(8-11(2)27)17(12)24-19/h3-7,10-11,26-27H,8-9H2,1-2H3,(H,22,23,24)/t10-,11-/m1/s1. The molecule has 3 N–H and O–H groups in total. The SMILES string of the molecule is C[C@H](CO)Nc1ncc2cc(Oc3ccc(F)cc3F)c(=O)n(C[C@@H](C)O)c2n1. The second-order valence-corrected chi connectivity index (χ2v) is 6.65. The molecular formula is C19H20F2N4O4. The summed E-state index contributed by atoms with van der Waals surface area (Å²) >= 11 is 0. The molecule has 0 bridgehead atoms. The van der Waals surface area contributed by atoms with Crippen molar-refractivity contribution in [2.45, 2.75) is 32.5 Å². The van der Waals surface area contributed by atoms with Gasteiger partial charge in [0.25, 0.3) is 5.56 Å². The molecule has 0 aliphatic rings. The Morgan fingerprint density at radius 3 is 2.66 bits per heavy atom. The summed E-state index contributed by atoms with van der Waals surface area (Å²) in [6.07, 6.45) is 0.553. The summed E-state index contributed by atoms with van der Waals surface area (Å²) in [5.41, 5.74) is -0.424. The number of anilines is 1. The quantitative estimate of drug-likeness (QED) is 0.551. The minimum atomic E-state index is -0.958. The van der Waals surface area contributed by atoms with Crippen LogP contribution < -0.4 is 15.6 Å². The zero-order chi connectivity index (χ0) is 21.1. The predicted molar refractivity (Wildman–Crippen MR) is 102 cm³/mol. The van der Waals surface area contributed by atoms with Crippen molar-refractivity contribution < 1.29 is 23.7 Å².